The van der Waals surface area contributed by atoms with Crippen molar-refractivity contribution in [2.45, 2.75) is 13.3 Å². The highest BCUT2D eigenvalue weighted by atomic mass is 16.5. The highest BCUT2D eigenvalue weighted by molar-refractivity contribution is 5.79. The lowest BCUT2D eigenvalue weighted by Gasteiger charge is -2.03. The molecule has 4 nitrogen and oxygen atoms in total. The first kappa shape index (κ1) is 13.9. The number of carbonyl (C=O) groups is 1. The number of aromatic nitrogens is 1. The van der Waals surface area contributed by atoms with Gasteiger partial charge in [0.15, 0.2) is 0 Å². The molecule has 0 aliphatic rings. The smallest absolute Gasteiger partial charge is 0.220 e. The van der Waals surface area contributed by atoms with E-state index in [1.807, 2.05) is 30.3 Å². The molecule has 1 aromatic heterocycles. The SMILES string of the molecule is CCC(=O)NCC#CCOc1ccc2cccnc2c1. The topological polar surface area (TPSA) is 51.2 Å². The quantitative estimate of drug-likeness (QED) is 0.864. The molecule has 0 saturated heterocycles. The molecule has 0 unspecified atom stereocenters. The highest BCUT2D eigenvalue weighted by Gasteiger charge is 1.96. The van der Waals surface area contributed by atoms with Crippen LogP contribution in [0.2, 0.25) is 0 Å². The van der Waals surface area contributed by atoms with Crippen molar-refractivity contribution in [1.82, 2.24) is 10.3 Å². The molecule has 4 heteroatoms. The van der Waals surface area contributed by atoms with E-state index in [0.29, 0.717) is 19.6 Å². The summed E-state index contributed by atoms with van der Waals surface area (Å²) in [5.41, 5.74) is 0.896. The molecule has 0 saturated carbocycles. The van der Waals surface area contributed by atoms with Gasteiger partial charge in [-0.3, -0.25) is 9.78 Å². The van der Waals surface area contributed by atoms with Crippen molar-refractivity contribution in [2.24, 2.45) is 0 Å². The maximum atomic E-state index is 11.0. The second kappa shape index (κ2) is 7.15. The zero-order valence-corrected chi connectivity index (χ0v) is 11.3. The molecule has 20 heavy (non-hydrogen) atoms. The Bertz CT molecular complexity index is 656. The monoisotopic (exact) mass is 268 g/mol. The van der Waals surface area contributed by atoms with E-state index in [2.05, 4.69) is 22.1 Å². The molecule has 0 atom stereocenters. The summed E-state index contributed by atoms with van der Waals surface area (Å²) >= 11 is 0. The van der Waals surface area contributed by atoms with Crippen LogP contribution >= 0.6 is 0 Å². The van der Waals surface area contributed by atoms with Gasteiger partial charge in [-0.25, -0.2) is 0 Å². The lowest BCUT2D eigenvalue weighted by molar-refractivity contribution is -0.120. The van der Waals surface area contributed by atoms with Crippen molar-refractivity contribution in [3.63, 3.8) is 0 Å². The third kappa shape index (κ3) is 3.99. The highest BCUT2D eigenvalue weighted by Crippen LogP contribution is 2.18. The van der Waals surface area contributed by atoms with E-state index in [4.69, 9.17) is 4.74 Å². The fourth-order valence-electron chi connectivity index (χ4n) is 1.64. The Balaban J connectivity index is 1.84. The van der Waals surface area contributed by atoms with E-state index in [9.17, 15) is 4.79 Å². The van der Waals surface area contributed by atoms with E-state index in [-0.39, 0.29) is 5.91 Å². The van der Waals surface area contributed by atoms with Crippen LogP contribution in [0.15, 0.2) is 36.5 Å². The molecule has 2 aromatic rings. The van der Waals surface area contributed by atoms with Crippen LogP contribution in [0, 0.1) is 11.8 Å². The zero-order chi connectivity index (χ0) is 14.2. The average Bonchev–Trinajstić information content (AvgIpc) is 2.50. The maximum Gasteiger partial charge on any atom is 0.220 e. The summed E-state index contributed by atoms with van der Waals surface area (Å²) in [6.07, 6.45) is 2.23. The molecule has 0 radical (unpaired) electrons. The number of fused-ring (bicyclic) bond motifs is 1. The van der Waals surface area contributed by atoms with E-state index in [1.54, 1.807) is 13.1 Å². The van der Waals surface area contributed by atoms with Gasteiger partial charge in [-0.05, 0) is 18.2 Å². The van der Waals surface area contributed by atoms with Crippen LogP contribution in [-0.4, -0.2) is 24.0 Å². The Hall–Kier alpha value is -2.54. The maximum absolute atomic E-state index is 11.0. The lowest BCUT2D eigenvalue weighted by atomic mass is 10.2. The second-order valence-corrected chi connectivity index (χ2v) is 4.13. The zero-order valence-electron chi connectivity index (χ0n) is 11.3. The predicted molar refractivity (Wildman–Crippen MR) is 78.3 cm³/mol. The molecular formula is C16H16N2O2. The van der Waals surface area contributed by atoms with Crippen LogP contribution in [0.3, 0.4) is 0 Å². The Morgan fingerprint density at radius 2 is 2.25 bits per heavy atom. The summed E-state index contributed by atoms with van der Waals surface area (Å²) in [5.74, 6) is 6.43. The molecule has 1 aromatic carbocycles. The Kier molecular flexibility index (Phi) is 4.96. The first-order chi connectivity index (χ1) is 9.79. The molecule has 2 rings (SSSR count). The minimum atomic E-state index is 0.000761. The van der Waals surface area contributed by atoms with Crippen LogP contribution in [-0.2, 0) is 4.79 Å². The second-order valence-electron chi connectivity index (χ2n) is 4.13. The predicted octanol–water partition coefficient (Wildman–Crippen LogP) is 2.14. The molecule has 0 spiro atoms. The normalized spacial score (nSPS) is 9.65. The van der Waals surface area contributed by atoms with Gasteiger partial charge in [-0.15, -0.1) is 0 Å². The summed E-state index contributed by atoms with van der Waals surface area (Å²) in [4.78, 5) is 15.2. The molecule has 1 N–H and O–H groups in total. The Morgan fingerprint density at radius 1 is 1.35 bits per heavy atom. The minimum absolute atomic E-state index is 0.000761. The number of ether oxygens (including phenoxy) is 1. The van der Waals surface area contributed by atoms with Crippen molar-refractivity contribution in [3.05, 3.63) is 36.5 Å². The standard InChI is InChI=1S/C16H16N2O2/c1-2-16(19)18-9-3-4-11-20-14-8-7-13-6-5-10-17-15(13)12-14/h5-8,10,12H,2,9,11H2,1H3,(H,18,19). The largest absolute Gasteiger partial charge is 0.481 e. The van der Waals surface area contributed by atoms with E-state index < -0.39 is 0 Å². The molecular weight excluding hydrogens is 252 g/mol. The van der Waals surface area contributed by atoms with Gasteiger partial charge in [0.1, 0.15) is 12.4 Å². The summed E-state index contributed by atoms with van der Waals surface area (Å²) in [7, 11) is 0. The summed E-state index contributed by atoms with van der Waals surface area (Å²) in [5, 5.41) is 3.75. The Labute approximate surface area is 118 Å². The van der Waals surface area contributed by atoms with Gasteiger partial charge in [-0.1, -0.05) is 24.8 Å². The molecule has 0 bridgehead atoms. The van der Waals surface area contributed by atoms with Crippen molar-refractivity contribution < 1.29 is 9.53 Å². The van der Waals surface area contributed by atoms with Crippen molar-refractivity contribution in [3.8, 4) is 17.6 Å². The van der Waals surface area contributed by atoms with Gasteiger partial charge in [0, 0.05) is 24.1 Å². The first-order valence-electron chi connectivity index (χ1n) is 6.49. The van der Waals surface area contributed by atoms with Crippen LogP contribution in [0.4, 0.5) is 0 Å². The van der Waals surface area contributed by atoms with Gasteiger partial charge < -0.3 is 10.1 Å². The van der Waals surface area contributed by atoms with Gasteiger partial charge >= 0.3 is 0 Å². The van der Waals surface area contributed by atoms with E-state index in [1.165, 1.54) is 0 Å². The number of carbonyl (C=O) groups excluding carboxylic acids is 1. The number of hydrogen-bond acceptors (Lipinski definition) is 3. The Morgan fingerprint density at radius 3 is 3.10 bits per heavy atom. The lowest BCUT2D eigenvalue weighted by Crippen LogP contribution is -2.22. The van der Waals surface area contributed by atoms with Crippen molar-refractivity contribution in [2.75, 3.05) is 13.2 Å². The van der Waals surface area contributed by atoms with Gasteiger partial charge in [-0.2, -0.15) is 0 Å². The third-order valence-electron chi connectivity index (χ3n) is 2.71. The molecule has 0 aliphatic carbocycles. The third-order valence-corrected chi connectivity index (χ3v) is 2.71. The number of benzene rings is 1. The van der Waals surface area contributed by atoms with Gasteiger partial charge in [0.05, 0.1) is 12.1 Å². The molecule has 102 valence electrons. The summed E-state index contributed by atoms with van der Waals surface area (Å²) < 4.78 is 5.52. The van der Waals surface area contributed by atoms with Crippen LogP contribution in [0.5, 0.6) is 5.75 Å². The number of hydrogen-bond donors (Lipinski definition) is 1. The van der Waals surface area contributed by atoms with Gasteiger partial charge in [0.25, 0.3) is 0 Å². The number of rotatable bonds is 4. The first-order valence-corrected chi connectivity index (χ1v) is 6.49. The van der Waals surface area contributed by atoms with Crippen molar-refractivity contribution in [1.29, 1.82) is 0 Å². The van der Waals surface area contributed by atoms with Crippen LogP contribution in [0.1, 0.15) is 13.3 Å². The molecule has 0 fully saturated rings. The van der Waals surface area contributed by atoms with E-state index in [0.717, 1.165) is 16.7 Å². The minimum Gasteiger partial charge on any atom is -0.481 e. The summed E-state index contributed by atoms with van der Waals surface area (Å²) in [6.45, 7) is 2.45. The molecule has 1 heterocycles. The molecule has 0 aliphatic heterocycles. The number of amides is 1. The van der Waals surface area contributed by atoms with E-state index >= 15 is 0 Å². The van der Waals surface area contributed by atoms with Crippen LogP contribution < -0.4 is 10.1 Å². The summed E-state index contributed by atoms with van der Waals surface area (Å²) in [6, 6.07) is 9.65. The van der Waals surface area contributed by atoms with Crippen molar-refractivity contribution >= 4 is 16.8 Å². The fraction of sp³-hybridized carbons (Fsp3) is 0.250. The number of nitrogens with zero attached hydrogens (tertiary/aromatic N) is 1. The van der Waals surface area contributed by atoms with Gasteiger partial charge in [0.2, 0.25) is 5.91 Å². The fourth-order valence-corrected chi connectivity index (χ4v) is 1.64. The average molecular weight is 268 g/mol. The van der Waals surface area contributed by atoms with Crippen LogP contribution in [0.25, 0.3) is 10.9 Å². The number of pyridine rings is 1. The molecule has 1 amide bonds. The number of nitrogens with one attached hydrogen (secondary N) is 1.